The standard InChI is InChI=1S/C12H13F2NO4/c1-2-19-11(18)12(13,14)9(15)7-3-5-8(6-4-7)10(16)17/h3-6,9H,2,15H2,1H3,(H,16,17)/t9-/m0/s1. The number of hydrogen-bond donors (Lipinski definition) is 2. The van der Waals surface area contributed by atoms with Crippen molar-refractivity contribution in [1.29, 1.82) is 0 Å². The van der Waals surface area contributed by atoms with Gasteiger partial charge in [-0.1, -0.05) is 12.1 Å². The van der Waals surface area contributed by atoms with Gasteiger partial charge in [0.2, 0.25) is 0 Å². The fourth-order valence-electron chi connectivity index (χ4n) is 1.40. The van der Waals surface area contributed by atoms with Gasteiger partial charge in [0.25, 0.3) is 0 Å². The van der Waals surface area contributed by atoms with E-state index in [9.17, 15) is 18.4 Å². The molecule has 1 aromatic rings. The number of alkyl halides is 2. The van der Waals surface area contributed by atoms with Gasteiger partial charge in [0.05, 0.1) is 12.2 Å². The van der Waals surface area contributed by atoms with Crippen molar-refractivity contribution in [1.82, 2.24) is 0 Å². The molecular weight excluding hydrogens is 260 g/mol. The Labute approximate surface area is 108 Å². The van der Waals surface area contributed by atoms with E-state index in [1.54, 1.807) is 0 Å². The highest BCUT2D eigenvalue weighted by atomic mass is 19.3. The lowest BCUT2D eigenvalue weighted by Gasteiger charge is -2.21. The molecule has 3 N–H and O–H groups in total. The first kappa shape index (κ1) is 15.0. The summed E-state index contributed by atoms with van der Waals surface area (Å²) in [6.07, 6.45) is 0. The highest BCUT2D eigenvalue weighted by Gasteiger charge is 2.47. The van der Waals surface area contributed by atoms with E-state index >= 15 is 0 Å². The lowest BCUT2D eigenvalue weighted by molar-refractivity contribution is -0.174. The summed E-state index contributed by atoms with van der Waals surface area (Å²) in [5, 5.41) is 8.68. The molecular formula is C12H13F2NO4. The van der Waals surface area contributed by atoms with Gasteiger partial charge < -0.3 is 15.6 Å². The molecule has 1 rings (SSSR count). The Hall–Kier alpha value is -2.02. The number of carbonyl (C=O) groups is 2. The maximum absolute atomic E-state index is 13.6. The summed E-state index contributed by atoms with van der Waals surface area (Å²) < 4.78 is 31.5. The maximum Gasteiger partial charge on any atom is 0.379 e. The van der Waals surface area contributed by atoms with E-state index in [4.69, 9.17) is 10.8 Å². The fraction of sp³-hybridized carbons (Fsp3) is 0.333. The largest absolute Gasteiger partial charge is 0.478 e. The van der Waals surface area contributed by atoms with E-state index in [2.05, 4.69) is 4.74 Å². The molecule has 104 valence electrons. The number of benzene rings is 1. The quantitative estimate of drug-likeness (QED) is 0.795. The van der Waals surface area contributed by atoms with Crippen molar-refractivity contribution in [2.75, 3.05) is 6.61 Å². The molecule has 7 heteroatoms. The number of esters is 1. The van der Waals surface area contributed by atoms with Gasteiger partial charge >= 0.3 is 17.9 Å². The van der Waals surface area contributed by atoms with Crippen LogP contribution in [0.2, 0.25) is 0 Å². The Morgan fingerprint density at radius 3 is 2.32 bits per heavy atom. The molecule has 19 heavy (non-hydrogen) atoms. The molecule has 0 heterocycles. The van der Waals surface area contributed by atoms with Crippen molar-refractivity contribution >= 4 is 11.9 Å². The van der Waals surface area contributed by atoms with Crippen molar-refractivity contribution in [2.24, 2.45) is 5.73 Å². The number of aromatic carboxylic acids is 1. The van der Waals surface area contributed by atoms with Crippen LogP contribution in [0.5, 0.6) is 0 Å². The third-order valence-corrected chi connectivity index (χ3v) is 2.45. The first-order valence-electron chi connectivity index (χ1n) is 5.44. The Kier molecular flexibility index (Phi) is 4.55. The predicted octanol–water partition coefficient (Wildman–Crippen LogP) is 1.58. The van der Waals surface area contributed by atoms with Crippen LogP contribution in [0.25, 0.3) is 0 Å². The summed E-state index contributed by atoms with van der Waals surface area (Å²) in [5.74, 6) is -6.76. The molecule has 0 radical (unpaired) electrons. The summed E-state index contributed by atoms with van der Waals surface area (Å²) in [6, 6.07) is 2.66. The minimum atomic E-state index is -3.87. The summed E-state index contributed by atoms with van der Waals surface area (Å²) in [7, 11) is 0. The Morgan fingerprint density at radius 1 is 1.37 bits per heavy atom. The molecule has 0 amide bonds. The van der Waals surface area contributed by atoms with Crippen molar-refractivity contribution in [3.63, 3.8) is 0 Å². The molecule has 0 unspecified atom stereocenters. The van der Waals surface area contributed by atoms with Crippen LogP contribution >= 0.6 is 0 Å². The van der Waals surface area contributed by atoms with Crippen LogP contribution in [0.1, 0.15) is 28.9 Å². The zero-order chi connectivity index (χ0) is 14.6. The first-order chi connectivity index (χ1) is 8.80. The van der Waals surface area contributed by atoms with Crippen molar-refractivity contribution in [3.05, 3.63) is 35.4 Å². The Balaban J connectivity index is 2.95. The SMILES string of the molecule is CCOC(=O)C(F)(F)[C@@H](N)c1ccc(C(=O)O)cc1. The molecule has 0 aliphatic heterocycles. The van der Waals surface area contributed by atoms with Crippen molar-refractivity contribution in [2.45, 2.75) is 18.9 Å². The molecule has 0 aromatic heterocycles. The number of rotatable bonds is 5. The molecule has 5 nitrogen and oxygen atoms in total. The molecule has 1 atom stereocenters. The van der Waals surface area contributed by atoms with Crippen molar-refractivity contribution in [3.8, 4) is 0 Å². The molecule has 0 bridgehead atoms. The van der Waals surface area contributed by atoms with E-state index in [0.29, 0.717) is 0 Å². The topological polar surface area (TPSA) is 89.6 Å². The zero-order valence-electron chi connectivity index (χ0n) is 10.1. The molecule has 0 spiro atoms. The van der Waals surface area contributed by atoms with E-state index in [-0.39, 0.29) is 17.7 Å². The van der Waals surface area contributed by atoms with Gasteiger partial charge in [0.1, 0.15) is 6.04 Å². The van der Waals surface area contributed by atoms with Crippen LogP contribution in [0.4, 0.5) is 8.78 Å². The number of ether oxygens (including phenoxy) is 1. The Bertz CT molecular complexity index is 473. The van der Waals surface area contributed by atoms with E-state index < -0.39 is 23.9 Å². The number of hydrogen-bond acceptors (Lipinski definition) is 4. The monoisotopic (exact) mass is 273 g/mol. The van der Waals surface area contributed by atoms with Crippen LogP contribution in [0, 0.1) is 0 Å². The molecule has 1 aromatic carbocycles. The zero-order valence-corrected chi connectivity index (χ0v) is 10.1. The predicted molar refractivity (Wildman–Crippen MR) is 61.9 cm³/mol. The molecule has 0 saturated carbocycles. The molecule has 0 fully saturated rings. The van der Waals surface area contributed by atoms with E-state index in [1.165, 1.54) is 6.92 Å². The van der Waals surface area contributed by atoms with Gasteiger partial charge in [-0.05, 0) is 24.6 Å². The summed E-state index contributed by atoms with van der Waals surface area (Å²) in [5.41, 5.74) is 5.22. The average molecular weight is 273 g/mol. The second-order valence-electron chi connectivity index (χ2n) is 3.75. The second kappa shape index (κ2) is 5.75. The number of carboxylic acid groups (broad SMARTS) is 1. The smallest absolute Gasteiger partial charge is 0.379 e. The third kappa shape index (κ3) is 3.25. The normalized spacial score (nSPS) is 12.8. The van der Waals surface area contributed by atoms with Gasteiger partial charge in [0, 0.05) is 0 Å². The lowest BCUT2D eigenvalue weighted by Crippen LogP contribution is -2.41. The van der Waals surface area contributed by atoms with Gasteiger partial charge in [-0.25, -0.2) is 9.59 Å². The van der Waals surface area contributed by atoms with Crippen LogP contribution in [0.15, 0.2) is 24.3 Å². The van der Waals surface area contributed by atoms with Crippen LogP contribution < -0.4 is 5.73 Å². The maximum atomic E-state index is 13.6. The first-order valence-corrected chi connectivity index (χ1v) is 5.44. The van der Waals surface area contributed by atoms with Crippen LogP contribution in [0.3, 0.4) is 0 Å². The Morgan fingerprint density at radius 2 is 1.89 bits per heavy atom. The highest BCUT2D eigenvalue weighted by molar-refractivity contribution is 5.87. The minimum Gasteiger partial charge on any atom is -0.478 e. The average Bonchev–Trinajstić information content (AvgIpc) is 2.38. The third-order valence-electron chi connectivity index (χ3n) is 2.45. The van der Waals surface area contributed by atoms with Gasteiger partial charge in [-0.2, -0.15) is 8.78 Å². The van der Waals surface area contributed by atoms with Gasteiger partial charge in [0.15, 0.2) is 0 Å². The van der Waals surface area contributed by atoms with Crippen molar-refractivity contribution < 1.29 is 28.2 Å². The molecule has 0 aliphatic carbocycles. The number of carboxylic acids is 1. The minimum absolute atomic E-state index is 0.0527. The molecule has 0 aliphatic rings. The second-order valence-corrected chi connectivity index (χ2v) is 3.75. The van der Waals surface area contributed by atoms with Gasteiger partial charge in [-0.15, -0.1) is 0 Å². The number of halogens is 2. The van der Waals surface area contributed by atoms with E-state index in [1.807, 2.05) is 0 Å². The van der Waals surface area contributed by atoms with Crippen LogP contribution in [-0.2, 0) is 9.53 Å². The van der Waals surface area contributed by atoms with E-state index in [0.717, 1.165) is 24.3 Å². The van der Waals surface area contributed by atoms with Crippen LogP contribution in [-0.4, -0.2) is 29.6 Å². The molecule has 0 saturated heterocycles. The summed E-state index contributed by atoms with van der Waals surface area (Å²) in [4.78, 5) is 21.7. The van der Waals surface area contributed by atoms with Gasteiger partial charge in [-0.3, -0.25) is 0 Å². The fourth-order valence-corrected chi connectivity index (χ4v) is 1.40. The summed E-state index contributed by atoms with van der Waals surface area (Å²) in [6.45, 7) is 1.22. The number of carbonyl (C=O) groups excluding carboxylic acids is 1. The highest BCUT2D eigenvalue weighted by Crippen LogP contribution is 2.30. The summed E-state index contributed by atoms with van der Waals surface area (Å²) >= 11 is 0. The lowest BCUT2D eigenvalue weighted by atomic mass is 10.00. The number of nitrogens with two attached hydrogens (primary N) is 1.